The van der Waals surface area contributed by atoms with Crippen LogP contribution in [0.2, 0.25) is 0 Å². The lowest BCUT2D eigenvalue weighted by Gasteiger charge is -2.47. The minimum absolute atomic E-state index is 0.0596. The molecule has 2 aliphatic heterocycles. The van der Waals surface area contributed by atoms with E-state index in [1.165, 1.54) is 28.0 Å². The summed E-state index contributed by atoms with van der Waals surface area (Å²) in [5, 5.41) is 9.99. The molecule has 0 saturated carbocycles. The van der Waals surface area contributed by atoms with Crippen molar-refractivity contribution in [1.29, 1.82) is 0 Å². The summed E-state index contributed by atoms with van der Waals surface area (Å²) < 4.78 is 8.46. The van der Waals surface area contributed by atoms with Crippen molar-refractivity contribution in [2.75, 3.05) is 18.9 Å². The van der Waals surface area contributed by atoms with E-state index in [9.17, 15) is 0 Å². The van der Waals surface area contributed by atoms with Crippen LogP contribution in [0, 0.1) is 0 Å². The van der Waals surface area contributed by atoms with Gasteiger partial charge < -0.3 is 4.74 Å². The van der Waals surface area contributed by atoms with E-state index in [0.29, 0.717) is 6.04 Å². The highest BCUT2D eigenvalue weighted by molar-refractivity contribution is 7.97. The maximum absolute atomic E-state index is 6.46. The normalized spacial score (nSPS) is 25.8. The molecule has 0 amide bonds. The van der Waals surface area contributed by atoms with Gasteiger partial charge in [0, 0.05) is 52.8 Å². The molecule has 1 spiro atoms. The SMILES string of the molecule is CCc1cc2c(s1)CCOC21CCN(Cc2cnn(CCSN)c2)[C@@H](C)C1. The van der Waals surface area contributed by atoms with Crippen LogP contribution >= 0.6 is 23.3 Å². The standard InChI is InChI=1S/C20H30N4OS2/c1-3-17-10-18-19(27-17)4-8-25-20(18)5-6-23(15(2)11-20)13-16-12-22-24(14-16)7-9-26-21/h10,12,14-15H,3-9,11,13,21H2,1-2H3/t15-,20?/m0/s1. The highest BCUT2D eigenvalue weighted by atomic mass is 32.2. The predicted molar refractivity (Wildman–Crippen MR) is 113 cm³/mol. The number of thiophene rings is 1. The number of nitrogens with two attached hydrogens (primary N) is 1. The van der Waals surface area contributed by atoms with Crippen molar-refractivity contribution < 1.29 is 4.74 Å². The zero-order valence-electron chi connectivity index (χ0n) is 16.3. The molecule has 2 aromatic rings. The van der Waals surface area contributed by atoms with Crippen molar-refractivity contribution >= 4 is 23.3 Å². The topological polar surface area (TPSA) is 56.3 Å². The molecule has 1 saturated heterocycles. The molecule has 0 aromatic carbocycles. The Morgan fingerprint density at radius 3 is 3.15 bits per heavy atom. The number of rotatable bonds is 6. The Kier molecular flexibility index (Phi) is 5.94. The third kappa shape index (κ3) is 3.98. The third-order valence-corrected chi connectivity index (χ3v) is 7.73. The first kappa shape index (κ1) is 19.5. The lowest BCUT2D eigenvalue weighted by molar-refractivity contribution is -0.112. The van der Waals surface area contributed by atoms with Crippen molar-refractivity contribution in [1.82, 2.24) is 14.7 Å². The fraction of sp³-hybridized carbons (Fsp3) is 0.650. The minimum atomic E-state index is -0.0596. The number of aromatic nitrogens is 2. The Morgan fingerprint density at radius 1 is 1.48 bits per heavy atom. The Morgan fingerprint density at radius 2 is 2.37 bits per heavy atom. The van der Waals surface area contributed by atoms with Crippen molar-refractivity contribution in [2.45, 2.75) is 64.3 Å². The molecular weight excluding hydrogens is 376 g/mol. The summed E-state index contributed by atoms with van der Waals surface area (Å²) in [5.74, 6) is 0.893. The smallest absolute Gasteiger partial charge is 0.0969 e. The number of aryl methyl sites for hydroxylation is 2. The van der Waals surface area contributed by atoms with Crippen LogP contribution in [0.3, 0.4) is 0 Å². The summed E-state index contributed by atoms with van der Waals surface area (Å²) in [4.78, 5) is 5.65. The van der Waals surface area contributed by atoms with E-state index in [2.05, 4.69) is 36.1 Å². The number of nitrogens with zero attached hydrogens (tertiary/aromatic N) is 3. The van der Waals surface area contributed by atoms with Gasteiger partial charge in [0.15, 0.2) is 0 Å². The summed E-state index contributed by atoms with van der Waals surface area (Å²) in [7, 11) is 0. The average molecular weight is 407 g/mol. The second-order valence-electron chi connectivity index (χ2n) is 7.75. The molecule has 0 aliphatic carbocycles. The maximum Gasteiger partial charge on any atom is 0.0969 e. The van der Waals surface area contributed by atoms with Crippen LogP contribution in [0.5, 0.6) is 0 Å². The minimum Gasteiger partial charge on any atom is -0.370 e. The number of ether oxygens (including phenoxy) is 1. The van der Waals surface area contributed by atoms with Crippen LogP contribution in [-0.4, -0.2) is 39.6 Å². The summed E-state index contributed by atoms with van der Waals surface area (Å²) in [5.41, 5.74) is 2.72. The molecule has 7 heteroatoms. The van der Waals surface area contributed by atoms with Crippen molar-refractivity contribution in [2.24, 2.45) is 5.14 Å². The maximum atomic E-state index is 6.46. The summed E-state index contributed by atoms with van der Waals surface area (Å²) >= 11 is 3.37. The van der Waals surface area contributed by atoms with E-state index in [4.69, 9.17) is 9.88 Å². The van der Waals surface area contributed by atoms with E-state index in [1.807, 2.05) is 22.2 Å². The molecule has 4 heterocycles. The van der Waals surface area contributed by atoms with Gasteiger partial charge in [-0.1, -0.05) is 18.9 Å². The molecule has 2 N–H and O–H groups in total. The number of likely N-dealkylation sites (tertiary alicyclic amines) is 1. The summed E-state index contributed by atoms with van der Waals surface area (Å²) in [6.07, 6.45) is 8.54. The average Bonchev–Trinajstić information content (AvgIpc) is 3.30. The van der Waals surface area contributed by atoms with Gasteiger partial charge in [-0.05, 0) is 37.8 Å². The predicted octanol–water partition coefficient (Wildman–Crippen LogP) is 3.57. The zero-order valence-corrected chi connectivity index (χ0v) is 18.0. The molecule has 1 fully saturated rings. The molecule has 0 radical (unpaired) electrons. The highest BCUT2D eigenvalue weighted by Crippen LogP contribution is 2.46. The monoisotopic (exact) mass is 406 g/mol. The van der Waals surface area contributed by atoms with Crippen LogP contribution in [-0.2, 0) is 36.3 Å². The van der Waals surface area contributed by atoms with Gasteiger partial charge in [0.05, 0.1) is 24.9 Å². The van der Waals surface area contributed by atoms with E-state index >= 15 is 0 Å². The van der Waals surface area contributed by atoms with Gasteiger partial charge >= 0.3 is 0 Å². The molecule has 2 aromatic heterocycles. The highest BCUT2D eigenvalue weighted by Gasteiger charge is 2.44. The first-order chi connectivity index (χ1) is 13.1. The Labute approximate surface area is 170 Å². The van der Waals surface area contributed by atoms with Gasteiger partial charge in [0.2, 0.25) is 0 Å². The van der Waals surface area contributed by atoms with Gasteiger partial charge in [0.1, 0.15) is 0 Å². The largest absolute Gasteiger partial charge is 0.370 e. The first-order valence-electron chi connectivity index (χ1n) is 9.96. The molecule has 1 unspecified atom stereocenters. The van der Waals surface area contributed by atoms with Crippen LogP contribution in [0.25, 0.3) is 0 Å². The summed E-state index contributed by atoms with van der Waals surface area (Å²) in [6.45, 7) is 8.37. The van der Waals surface area contributed by atoms with Crippen LogP contribution < -0.4 is 5.14 Å². The van der Waals surface area contributed by atoms with E-state index in [-0.39, 0.29) is 5.60 Å². The van der Waals surface area contributed by atoms with E-state index in [0.717, 1.165) is 57.7 Å². The second-order valence-corrected chi connectivity index (χ2v) is 9.71. The van der Waals surface area contributed by atoms with E-state index < -0.39 is 0 Å². The quantitative estimate of drug-likeness (QED) is 0.743. The fourth-order valence-corrected chi connectivity index (χ4v) is 5.97. The van der Waals surface area contributed by atoms with Gasteiger partial charge in [-0.3, -0.25) is 14.7 Å². The number of hydrogen-bond acceptors (Lipinski definition) is 6. The van der Waals surface area contributed by atoms with Crippen LogP contribution in [0.15, 0.2) is 18.5 Å². The van der Waals surface area contributed by atoms with Gasteiger partial charge in [-0.15, -0.1) is 11.3 Å². The van der Waals surface area contributed by atoms with Crippen LogP contribution in [0.4, 0.5) is 0 Å². The first-order valence-corrected chi connectivity index (χ1v) is 11.8. The lowest BCUT2D eigenvalue weighted by Crippen LogP contribution is -2.50. The molecule has 5 nitrogen and oxygen atoms in total. The summed E-state index contributed by atoms with van der Waals surface area (Å²) in [6, 6.07) is 2.93. The molecule has 2 atom stereocenters. The Balaban J connectivity index is 1.44. The van der Waals surface area contributed by atoms with Gasteiger partial charge in [-0.25, -0.2) is 0 Å². The molecular formula is C20H30N4OS2. The van der Waals surface area contributed by atoms with Crippen molar-refractivity contribution in [3.05, 3.63) is 39.3 Å². The fourth-order valence-electron chi connectivity index (χ4n) is 4.50. The Hall–Kier alpha value is -0.860. The number of piperidine rings is 1. The third-order valence-electron chi connectivity index (χ3n) is 5.97. The lowest BCUT2D eigenvalue weighted by atomic mass is 9.79. The molecule has 2 aliphatic rings. The van der Waals surface area contributed by atoms with Crippen molar-refractivity contribution in [3.63, 3.8) is 0 Å². The zero-order chi connectivity index (χ0) is 18.9. The van der Waals surface area contributed by atoms with Crippen molar-refractivity contribution in [3.8, 4) is 0 Å². The number of hydrogen-bond donors (Lipinski definition) is 1. The molecule has 0 bridgehead atoms. The van der Waals surface area contributed by atoms with E-state index in [1.54, 1.807) is 4.88 Å². The van der Waals surface area contributed by atoms with Crippen LogP contribution in [0.1, 0.15) is 47.6 Å². The van der Waals surface area contributed by atoms with Gasteiger partial charge in [0.25, 0.3) is 0 Å². The Bertz CT molecular complexity index is 774. The number of fused-ring (bicyclic) bond motifs is 2. The molecule has 148 valence electrons. The molecule has 27 heavy (non-hydrogen) atoms. The second kappa shape index (κ2) is 8.25. The van der Waals surface area contributed by atoms with Gasteiger partial charge in [-0.2, -0.15) is 5.10 Å². The molecule has 4 rings (SSSR count).